The fraction of sp³-hybridized carbons (Fsp3) is 0.545. The molecule has 116 valence electrons. The third kappa shape index (κ3) is 4.75. The van der Waals surface area contributed by atoms with Crippen LogP contribution in [0.15, 0.2) is 0 Å². The van der Waals surface area contributed by atoms with Crippen LogP contribution in [-0.4, -0.2) is 65.4 Å². The van der Waals surface area contributed by atoms with E-state index in [-0.39, 0.29) is 6.54 Å². The number of carboxylic acid groups (broad SMARTS) is 1. The van der Waals surface area contributed by atoms with E-state index in [2.05, 4.69) is 16.0 Å². The highest BCUT2D eigenvalue weighted by molar-refractivity contribution is 6.04. The summed E-state index contributed by atoms with van der Waals surface area (Å²) in [7, 11) is 0. The van der Waals surface area contributed by atoms with Crippen molar-refractivity contribution >= 4 is 29.7 Å². The average Bonchev–Trinajstić information content (AvgIpc) is 2.41. The smallest absolute Gasteiger partial charge is 0.322 e. The quantitative estimate of drug-likeness (QED) is 0.418. The van der Waals surface area contributed by atoms with Crippen LogP contribution in [0.25, 0.3) is 0 Å². The second-order valence-electron chi connectivity index (χ2n) is 4.29. The number of hydrogen-bond donors (Lipinski definition) is 4. The number of urea groups is 1. The molecule has 1 aliphatic rings. The Morgan fingerprint density at radius 3 is 2.52 bits per heavy atom. The molecule has 0 aromatic rings. The van der Waals surface area contributed by atoms with Crippen molar-refractivity contribution in [1.29, 1.82) is 0 Å². The van der Waals surface area contributed by atoms with E-state index in [9.17, 15) is 24.0 Å². The second-order valence-corrected chi connectivity index (χ2v) is 4.29. The van der Waals surface area contributed by atoms with Crippen molar-refractivity contribution < 1.29 is 29.1 Å². The molecule has 0 aromatic carbocycles. The number of amides is 5. The molecule has 0 saturated carbocycles. The molecule has 0 bridgehead atoms. The first-order valence-electron chi connectivity index (χ1n) is 6.21. The molecule has 1 saturated heterocycles. The third-order valence-electron chi connectivity index (χ3n) is 2.74. The highest BCUT2D eigenvalue weighted by Gasteiger charge is 2.35. The standard InChI is InChI=1S/C11H16N4O6/c1-2-6-10(20)14-8(17)5-15(6)11(21)13-3-7(16)12-4-9(18)19/h6H,2-5H2,1H3,(H,12,16)(H,13,21)(H,18,19)(H,14,17,20). The fourth-order valence-corrected chi connectivity index (χ4v) is 1.78. The number of imide groups is 1. The maximum absolute atomic E-state index is 11.9. The molecule has 10 nitrogen and oxygen atoms in total. The number of nitrogens with one attached hydrogen (secondary N) is 3. The van der Waals surface area contributed by atoms with Gasteiger partial charge in [0.2, 0.25) is 17.7 Å². The van der Waals surface area contributed by atoms with Gasteiger partial charge in [-0.05, 0) is 6.42 Å². The van der Waals surface area contributed by atoms with E-state index in [0.29, 0.717) is 6.42 Å². The summed E-state index contributed by atoms with van der Waals surface area (Å²) in [6.07, 6.45) is 0.317. The molecule has 0 spiro atoms. The van der Waals surface area contributed by atoms with Crippen LogP contribution in [0, 0.1) is 0 Å². The number of carbonyl (C=O) groups is 5. The van der Waals surface area contributed by atoms with Gasteiger partial charge >= 0.3 is 12.0 Å². The van der Waals surface area contributed by atoms with Gasteiger partial charge in [0.25, 0.3) is 0 Å². The lowest BCUT2D eigenvalue weighted by Crippen LogP contribution is -2.61. The van der Waals surface area contributed by atoms with Crippen molar-refractivity contribution in [3.63, 3.8) is 0 Å². The van der Waals surface area contributed by atoms with E-state index in [1.54, 1.807) is 6.92 Å². The van der Waals surface area contributed by atoms with Gasteiger partial charge in [-0.15, -0.1) is 0 Å². The molecule has 21 heavy (non-hydrogen) atoms. The molecule has 10 heteroatoms. The lowest BCUT2D eigenvalue weighted by atomic mass is 10.1. The molecule has 5 amide bonds. The van der Waals surface area contributed by atoms with Crippen molar-refractivity contribution in [3.8, 4) is 0 Å². The van der Waals surface area contributed by atoms with Gasteiger partial charge in [-0.2, -0.15) is 0 Å². The Morgan fingerprint density at radius 2 is 1.95 bits per heavy atom. The Bertz CT molecular complexity index is 477. The normalized spacial score (nSPS) is 18.0. The van der Waals surface area contributed by atoms with E-state index in [4.69, 9.17) is 5.11 Å². The zero-order valence-corrected chi connectivity index (χ0v) is 11.3. The van der Waals surface area contributed by atoms with Crippen LogP contribution >= 0.6 is 0 Å². The van der Waals surface area contributed by atoms with Gasteiger partial charge in [0.1, 0.15) is 19.1 Å². The van der Waals surface area contributed by atoms with Crippen LogP contribution < -0.4 is 16.0 Å². The number of hydrogen-bond acceptors (Lipinski definition) is 5. The predicted octanol–water partition coefficient (Wildman–Crippen LogP) is -2.37. The van der Waals surface area contributed by atoms with Crippen molar-refractivity contribution in [3.05, 3.63) is 0 Å². The summed E-state index contributed by atoms with van der Waals surface area (Å²) in [5.74, 6) is -3.07. The molecule has 4 N–H and O–H groups in total. The van der Waals surface area contributed by atoms with Gasteiger partial charge in [-0.1, -0.05) is 6.92 Å². The van der Waals surface area contributed by atoms with Crippen molar-refractivity contribution in [2.45, 2.75) is 19.4 Å². The first-order chi connectivity index (χ1) is 9.85. The summed E-state index contributed by atoms with van der Waals surface area (Å²) < 4.78 is 0. The average molecular weight is 300 g/mol. The van der Waals surface area contributed by atoms with Gasteiger partial charge in [-0.3, -0.25) is 24.5 Å². The van der Waals surface area contributed by atoms with E-state index in [1.165, 1.54) is 0 Å². The molecule has 0 aliphatic carbocycles. The molecular weight excluding hydrogens is 284 g/mol. The molecule has 1 rings (SSSR count). The number of nitrogens with zero attached hydrogens (tertiary/aromatic N) is 1. The highest BCUT2D eigenvalue weighted by atomic mass is 16.4. The van der Waals surface area contributed by atoms with E-state index >= 15 is 0 Å². The van der Waals surface area contributed by atoms with Gasteiger partial charge in [0.05, 0.1) is 6.54 Å². The van der Waals surface area contributed by atoms with E-state index in [0.717, 1.165) is 4.90 Å². The van der Waals surface area contributed by atoms with Crippen molar-refractivity contribution in [1.82, 2.24) is 20.9 Å². The summed E-state index contributed by atoms with van der Waals surface area (Å²) in [6.45, 7) is 0.387. The van der Waals surface area contributed by atoms with Crippen molar-refractivity contribution in [2.75, 3.05) is 19.6 Å². The monoisotopic (exact) mass is 300 g/mol. The molecular formula is C11H16N4O6. The second kappa shape index (κ2) is 7.22. The third-order valence-corrected chi connectivity index (χ3v) is 2.74. The largest absolute Gasteiger partial charge is 0.480 e. The Hall–Kier alpha value is -2.65. The minimum absolute atomic E-state index is 0.285. The van der Waals surface area contributed by atoms with Crippen LogP contribution in [0.1, 0.15) is 13.3 Å². The van der Waals surface area contributed by atoms with Crippen LogP contribution in [0.2, 0.25) is 0 Å². The maximum Gasteiger partial charge on any atom is 0.322 e. The summed E-state index contributed by atoms with van der Waals surface area (Å²) in [6, 6.07) is -1.53. The van der Waals surface area contributed by atoms with Crippen LogP contribution in [0.3, 0.4) is 0 Å². The maximum atomic E-state index is 11.9. The zero-order valence-electron chi connectivity index (χ0n) is 11.3. The highest BCUT2D eigenvalue weighted by Crippen LogP contribution is 2.08. The van der Waals surface area contributed by atoms with Crippen LogP contribution in [0.4, 0.5) is 4.79 Å². The summed E-state index contributed by atoms with van der Waals surface area (Å²) in [4.78, 5) is 57.3. The van der Waals surface area contributed by atoms with Crippen LogP contribution in [0.5, 0.6) is 0 Å². The number of carboxylic acids is 1. The van der Waals surface area contributed by atoms with Gasteiger partial charge in [0, 0.05) is 0 Å². The molecule has 1 fully saturated rings. The Labute approximate surface area is 119 Å². The minimum Gasteiger partial charge on any atom is -0.480 e. The van der Waals surface area contributed by atoms with Crippen LogP contribution in [-0.2, 0) is 19.2 Å². The first kappa shape index (κ1) is 16.4. The lowest BCUT2D eigenvalue weighted by molar-refractivity contribution is -0.139. The van der Waals surface area contributed by atoms with Gasteiger partial charge in [-0.25, -0.2) is 4.79 Å². The molecule has 1 heterocycles. The Balaban J connectivity index is 2.53. The van der Waals surface area contributed by atoms with Gasteiger partial charge < -0.3 is 20.6 Å². The topological polar surface area (TPSA) is 145 Å². The number of rotatable bonds is 5. The Kier molecular flexibility index (Phi) is 5.64. The first-order valence-corrected chi connectivity index (χ1v) is 6.21. The minimum atomic E-state index is -1.21. The van der Waals surface area contributed by atoms with E-state index in [1.807, 2.05) is 0 Å². The summed E-state index contributed by atoms with van der Waals surface area (Å²) in [5, 5.41) is 14.8. The summed E-state index contributed by atoms with van der Waals surface area (Å²) in [5.41, 5.74) is 0. The predicted molar refractivity (Wildman–Crippen MR) is 68.0 cm³/mol. The number of aliphatic carboxylic acids is 1. The Morgan fingerprint density at radius 1 is 1.29 bits per heavy atom. The number of piperazine rings is 1. The fourth-order valence-electron chi connectivity index (χ4n) is 1.78. The van der Waals surface area contributed by atoms with E-state index < -0.39 is 48.9 Å². The SMILES string of the molecule is CCC1C(=O)NC(=O)CN1C(=O)NCC(=O)NCC(=O)O. The zero-order chi connectivity index (χ0) is 16.0. The lowest BCUT2D eigenvalue weighted by Gasteiger charge is -2.33. The molecule has 1 aliphatic heterocycles. The molecule has 0 aromatic heterocycles. The molecule has 0 radical (unpaired) electrons. The van der Waals surface area contributed by atoms with Crippen molar-refractivity contribution in [2.24, 2.45) is 0 Å². The molecule has 1 atom stereocenters. The molecule has 1 unspecified atom stereocenters. The summed E-state index contributed by atoms with van der Waals surface area (Å²) >= 11 is 0. The number of carbonyl (C=O) groups excluding carboxylic acids is 4. The van der Waals surface area contributed by atoms with Gasteiger partial charge in [0.15, 0.2) is 0 Å².